The Labute approximate surface area is 232 Å². The summed E-state index contributed by atoms with van der Waals surface area (Å²) in [5, 5.41) is 0. The number of ether oxygens (including phenoxy) is 5. The van der Waals surface area contributed by atoms with Gasteiger partial charge >= 0.3 is 75.3 Å². The van der Waals surface area contributed by atoms with Crippen LogP contribution in [0.1, 0.15) is 34.1 Å². The van der Waals surface area contributed by atoms with Crippen LogP contribution in [0.3, 0.4) is 0 Å². The molecule has 0 radical (unpaired) electrons. The molecule has 0 aromatic rings. The van der Waals surface area contributed by atoms with Gasteiger partial charge in [-0.2, -0.15) is 0 Å². The molecule has 0 aromatic heterocycles. The molecule has 1 aliphatic rings. The predicted molar refractivity (Wildman–Crippen MR) is 104 cm³/mol. The molecular weight excluding hydrogens is 499 g/mol. The summed E-state index contributed by atoms with van der Waals surface area (Å²) in [5.74, 6) is -3.36. The van der Waals surface area contributed by atoms with E-state index in [9.17, 15) is 32.1 Å². The molecule has 0 amide bonds. The van der Waals surface area contributed by atoms with E-state index in [0.29, 0.717) is 0 Å². The summed E-state index contributed by atoms with van der Waals surface area (Å²) in [6.45, 7) is 4.13. The summed E-state index contributed by atoms with van der Waals surface area (Å²) >= 11 is 1.00. The zero-order valence-corrected chi connectivity index (χ0v) is 23.2. The molecule has 0 bridgehead atoms. The van der Waals surface area contributed by atoms with E-state index in [1.165, 1.54) is 0 Å². The van der Waals surface area contributed by atoms with Crippen molar-refractivity contribution in [3.63, 3.8) is 0 Å². The van der Waals surface area contributed by atoms with Gasteiger partial charge in [0.05, 0.1) is 10.1 Å². The quantitative estimate of drug-likeness (QED) is 0.0917. The average molecular weight is 525 g/mol. The minimum Gasteiger partial charge on any atom is -0.748 e. The third kappa shape index (κ3) is 12.3. The van der Waals surface area contributed by atoms with Crippen molar-refractivity contribution in [2.24, 2.45) is 0 Å². The Balaban J connectivity index is 0.00000961. The summed E-state index contributed by atoms with van der Waals surface area (Å²) in [5.41, 5.74) is -1.00. The zero-order valence-electron chi connectivity index (χ0n) is 18.4. The van der Waals surface area contributed by atoms with E-state index < -0.39 is 69.6 Å². The van der Waals surface area contributed by atoms with E-state index in [1.54, 1.807) is 0 Å². The van der Waals surface area contributed by atoms with Gasteiger partial charge in [0.2, 0.25) is 0 Å². The Kier molecular flexibility index (Phi) is 14.8. The largest absolute Gasteiger partial charge is 1.00 e. The van der Waals surface area contributed by atoms with Gasteiger partial charge in [-0.1, -0.05) is 0 Å². The molecule has 1 heterocycles. The maximum absolute atomic E-state index is 11.7. The molecular formula is C17H25KO12S2. The summed E-state index contributed by atoms with van der Waals surface area (Å²) in [6.07, 6.45) is -4.87. The van der Waals surface area contributed by atoms with Crippen LogP contribution in [-0.2, 0) is 53.0 Å². The van der Waals surface area contributed by atoms with Crippen LogP contribution in [0.2, 0.25) is 0 Å². The van der Waals surface area contributed by atoms with Crippen LogP contribution in [0.15, 0.2) is 0 Å². The van der Waals surface area contributed by atoms with E-state index in [0.717, 1.165) is 39.5 Å². The minimum atomic E-state index is -4.41. The molecule has 1 saturated heterocycles. The molecule has 32 heavy (non-hydrogen) atoms. The van der Waals surface area contributed by atoms with Crippen molar-refractivity contribution in [2.75, 3.05) is 18.1 Å². The smallest absolute Gasteiger partial charge is 0.748 e. The first-order valence-electron chi connectivity index (χ1n) is 9.15. The Morgan fingerprint density at radius 3 is 1.84 bits per heavy atom. The van der Waals surface area contributed by atoms with Crippen LogP contribution < -0.4 is 51.4 Å². The van der Waals surface area contributed by atoms with Crippen molar-refractivity contribution in [1.82, 2.24) is 0 Å². The normalized spacial score (nSPS) is 25.1. The van der Waals surface area contributed by atoms with E-state index in [4.69, 9.17) is 23.7 Å². The first kappa shape index (κ1) is 31.7. The molecule has 0 aliphatic carbocycles. The van der Waals surface area contributed by atoms with Gasteiger partial charge in [0.1, 0.15) is 18.1 Å². The fourth-order valence-corrected chi connectivity index (χ4v) is 4.60. The van der Waals surface area contributed by atoms with Gasteiger partial charge in [0.15, 0.2) is 18.3 Å². The molecule has 0 unspecified atom stereocenters. The van der Waals surface area contributed by atoms with E-state index in [1.807, 2.05) is 0 Å². The molecule has 0 spiro atoms. The molecule has 12 nitrogen and oxygen atoms in total. The second-order valence-corrected chi connectivity index (χ2v) is 9.28. The zero-order chi connectivity index (χ0) is 23.8. The number of esters is 4. The maximum Gasteiger partial charge on any atom is 1.00 e. The van der Waals surface area contributed by atoms with Gasteiger partial charge in [0.25, 0.3) is 0 Å². The van der Waals surface area contributed by atoms with Crippen LogP contribution in [0, 0.1) is 0 Å². The van der Waals surface area contributed by atoms with Crippen molar-refractivity contribution in [2.45, 2.75) is 64.0 Å². The van der Waals surface area contributed by atoms with Gasteiger partial charge in [-0.3, -0.25) is 19.2 Å². The standard InChI is InChI=1S/C17H26O12S2.K/c1-9(18)25-8-13-14(26-10(2)19)15(27-11(3)20)16(28-12(4)21)17(29-13)30-6-5-7-31(22,23)24;/h13-17H,5-8H2,1-4H3,(H,22,23,24);/q;+1/p-1/t13-,14-,15+,16-,17+;/m1./s1. The molecule has 5 atom stereocenters. The Hall–Kier alpha value is -0.264. The van der Waals surface area contributed by atoms with Gasteiger partial charge in [-0.05, 0) is 12.2 Å². The summed E-state index contributed by atoms with van der Waals surface area (Å²) < 4.78 is 58.9. The third-order valence-electron chi connectivity index (χ3n) is 3.77. The Morgan fingerprint density at radius 1 is 0.875 bits per heavy atom. The fraction of sp³-hybridized carbons (Fsp3) is 0.765. The molecule has 1 aliphatic heterocycles. The van der Waals surface area contributed by atoms with Gasteiger partial charge in [0, 0.05) is 33.4 Å². The molecule has 178 valence electrons. The van der Waals surface area contributed by atoms with Crippen LogP contribution >= 0.6 is 11.8 Å². The monoisotopic (exact) mass is 524 g/mol. The molecule has 15 heteroatoms. The van der Waals surface area contributed by atoms with Crippen molar-refractivity contribution in [3.05, 3.63) is 0 Å². The Bertz CT molecular complexity index is 771. The van der Waals surface area contributed by atoms with Crippen molar-refractivity contribution in [3.8, 4) is 0 Å². The number of carbonyl (C=O) groups excluding carboxylic acids is 4. The molecule has 1 fully saturated rings. The number of carbonyl (C=O) groups is 4. The predicted octanol–water partition coefficient (Wildman–Crippen LogP) is -3.26. The second-order valence-electron chi connectivity index (χ2n) is 6.55. The Morgan fingerprint density at radius 2 is 1.38 bits per heavy atom. The van der Waals surface area contributed by atoms with E-state index in [-0.39, 0.29) is 70.2 Å². The van der Waals surface area contributed by atoms with Gasteiger partial charge in [-0.25, -0.2) is 8.42 Å². The van der Waals surface area contributed by atoms with Crippen molar-refractivity contribution >= 4 is 45.8 Å². The van der Waals surface area contributed by atoms with Crippen molar-refractivity contribution in [1.29, 1.82) is 0 Å². The van der Waals surface area contributed by atoms with E-state index in [2.05, 4.69) is 0 Å². The van der Waals surface area contributed by atoms with E-state index >= 15 is 0 Å². The SMILES string of the molecule is CC(=O)OC[C@H]1O[C@@H](SCCCS(=O)(=O)[O-])[C@H](OC(C)=O)[C@@H](OC(C)=O)[C@@H]1OC(C)=O.[K+]. The molecule has 0 N–H and O–H groups in total. The third-order valence-corrected chi connectivity index (χ3v) is 5.79. The summed E-state index contributed by atoms with van der Waals surface area (Å²) in [6, 6.07) is 0. The van der Waals surface area contributed by atoms with Crippen LogP contribution in [0.25, 0.3) is 0 Å². The van der Waals surface area contributed by atoms with Gasteiger partial charge in [-0.15, -0.1) is 11.8 Å². The molecule has 0 saturated carbocycles. The number of hydrogen-bond donors (Lipinski definition) is 0. The number of rotatable bonds is 10. The van der Waals surface area contributed by atoms with Crippen LogP contribution in [0.5, 0.6) is 0 Å². The van der Waals surface area contributed by atoms with Crippen molar-refractivity contribution < 1.29 is 107 Å². The molecule has 0 aromatic carbocycles. The average Bonchev–Trinajstić information content (AvgIpc) is 2.59. The maximum atomic E-state index is 11.7. The van der Waals surface area contributed by atoms with Gasteiger partial charge < -0.3 is 28.2 Å². The number of thioether (sulfide) groups is 1. The van der Waals surface area contributed by atoms with Crippen LogP contribution in [-0.4, -0.2) is 84.8 Å². The van der Waals surface area contributed by atoms with Crippen LogP contribution in [0.4, 0.5) is 0 Å². The fourth-order valence-electron chi connectivity index (χ4n) is 2.76. The minimum absolute atomic E-state index is 0. The summed E-state index contributed by atoms with van der Waals surface area (Å²) in [7, 11) is -4.41. The summed E-state index contributed by atoms with van der Waals surface area (Å²) in [4.78, 5) is 46.2. The molecule has 1 rings (SSSR count). The second kappa shape index (κ2) is 14.9. The topological polar surface area (TPSA) is 172 Å². The first-order chi connectivity index (χ1) is 14.3. The number of hydrogen-bond acceptors (Lipinski definition) is 13. The first-order valence-corrected chi connectivity index (χ1v) is 11.8.